The predicted octanol–water partition coefficient (Wildman–Crippen LogP) is 2.37. The summed E-state index contributed by atoms with van der Waals surface area (Å²) in [6.07, 6.45) is 1.86. The minimum Gasteiger partial charge on any atom is -0.481 e. The molecular formula is C18H24N2O5. The lowest BCUT2D eigenvalue weighted by molar-refractivity contribution is -0.145. The highest BCUT2D eigenvalue weighted by atomic mass is 16.5. The van der Waals surface area contributed by atoms with Crippen LogP contribution in [-0.4, -0.2) is 48.2 Å². The summed E-state index contributed by atoms with van der Waals surface area (Å²) in [5.74, 6) is -1.84. The van der Waals surface area contributed by atoms with Gasteiger partial charge in [-0.25, -0.2) is 4.79 Å². The number of nitrogens with one attached hydrogen (secondary N) is 1. The number of methoxy groups -OCH3 is 1. The van der Waals surface area contributed by atoms with E-state index in [-0.39, 0.29) is 24.5 Å². The summed E-state index contributed by atoms with van der Waals surface area (Å²) in [6.45, 7) is 2.59. The number of carbonyl (C=O) groups excluding carboxylic acids is 2. The van der Waals surface area contributed by atoms with E-state index in [1.165, 1.54) is 12.0 Å². The van der Waals surface area contributed by atoms with Crippen molar-refractivity contribution in [3.8, 4) is 0 Å². The normalized spacial score (nSPS) is 18.3. The van der Waals surface area contributed by atoms with E-state index in [1.807, 2.05) is 12.1 Å². The number of rotatable bonds is 5. The Morgan fingerprint density at radius 3 is 2.60 bits per heavy atom. The highest BCUT2D eigenvalue weighted by molar-refractivity contribution is 5.89. The molecule has 1 aromatic rings. The number of hydrogen-bond donors (Lipinski definition) is 2. The highest BCUT2D eigenvalue weighted by Gasteiger charge is 2.28. The molecule has 136 valence electrons. The molecule has 1 aliphatic rings. The summed E-state index contributed by atoms with van der Waals surface area (Å²) in [4.78, 5) is 36.4. The Morgan fingerprint density at radius 1 is 1.32 bits per heavy atom. The van der Waals surface area contributed by atoms with Crippen LogP contribution in [0.3, 0.4) is 0 Å². The first kappa shape index (κ1) is 18.8. The molecular weight excluding hydrogens is 324 g/mol. The minimum absolute atomic E-state index is 0.230. The minimum atomic E-state index is -0.860. The number of carboxylic acids is 1. The van der Waals surface area contributed by atoms with Gasteiger partial charge >= 0.3 is 18.0 Å². The van der Waals surface area contributed by atoms with E-state index in [2.05, 4.69) is 5.32 Å². The summed E-state index contributed by atoms with van der Waals surface area (Å²) in [5, 5.41) is 11.9. The van der Waals surface area contributed by atoms with Crippen LogP contribution in [-0.2, 0) is 20.7 Å². The number of amides is 2. The highest BCUT2D eigenvalue weighted by Crippen LogP contribution is 2.19. The smallest absolute Gasteiger partial charge is 0.321 e. The molecule has 0 aromatic heterocycles. The van der Waals surface area contributed by atoms with Gasteiger partial charge in [-0.05, 0) is 37.0 Å². The second-order valence-corrected chi connectivity index (χ2v) is 6.38. The van der Waals surface area contributed by atoms with Crippen molar-refractivity contribution in [1.82, 2.24) is 4.90 Å². The number of ether oxygens (including phenoxy) is 1. The van der Waals surface area contributed by atoms with Gasteiger partial charge in [-0.2, -0.15) is 0 Å². The summed E-state index contributed by atoms with van der Waals surface area (Å²) in [7, 11) is 1.37. The molecule has 1 aromatic carbocycles. The number of esters is 1. The largest absolute Gasteiger partial charge is 0.481 e. The lowest BCUT2D eigenvalue weighted by atomic mass is 9.99. The molecule has 7 heteroatoms. The monoisotopic (exact) mass is 348 g/mol. The molecule has 2 rings (SSSR count). The number of urea groups is 1. The van der Waals surface area contributed by atoms with Crippen LogP contribution in [0, 0.1) is 11.8 Å². The standard InChI is InChI=1S/C18H24N2O5/c1-12(17(23)25-2)10-13-5-7-15(8-6-13)19-18(24)20-9-3-4-14(11-20)16(21)22/h5-8,12,14H,3-4,9-11H2,1-2H3,(H,19,24)(H,21,22). The lowest BCUT2D eigenvalue weighted by Crippen LogP contribution is -2.44. The van der Waals surface area contributed by atoms with E-state index in [9.17, 15) is 14.4 Å². The molecule has 1 heterocycles. The number of carbonyl (C=O) groups is 3. The fourth-order valence-corrected chi connectivity index (χ4v) is 2.93. The van der Waals surface area contributed by atoms with Crippen molar-refractivity contribution in [3.63, 3.8) is 0 Å². The van der Waals surface area contributed by atoms with Gasteiger partial charge in [-0.3, -0.25) is 9.59 Å². The molecule has 0 saturated carbocycles. The van der Waals surface area contributed by atoms with E-state index >= 15 is 0 Å². The van der Waals surface area contributed by atoms with Crippen molar-refractivity contribution < 1.29 is 24.2 Å². The molecule has 2 atom stereocenters. The number of hydrogen-bond acceptors (Lipinski definition) is 4. The number of likely N-dealkylation sites (tertiary alicyclic amines) is 1. The predicted molar refractivity (Wildman–Crippen MR) is 92.3 cm³/mol. The third-order valence-corrected chi connectivity index (χ3v) is 4.41. The van der Waals surface area contributed by atoms with Gasteiger partial charge in [-0.1, -0.05) is 19.1 Å². The van der Waals surface area contributed by atoms with Crippen molar-refractivity contribution in [2.45, 2.75) is 26.2 Å². The maximum Gasteiger partial charge on any atom is 0.321 e. The SMILES string of the molecule is COC(=O)C(C)Cc1ccc(NC(=O)N2CCCC(C(=O)O)C2)cc1. The van der Waals surface area contributed by atoms with Gasteiger partial charge in [-0.15, -0.1) is 0 Å². The fourth-order valence-electron chi connectivity index (χ4n) is 2.93. The quantitative estimate of drug-likeness (QED) is 0.797. The average Bonchev–Trinajstić information content (AvgIpc) is 2.62. The first-order valence-corrected chi connectivity index (χ1v) is 8.36. The van der Waals surface area contributed by atoms with Gasteiger partial charge in [0.2, 0.25) is 0 Å². The molecule has 1 aliphatic heterocycles. The van der Waals surface area contributed by atoms with Crippen LogP contribution in [0.15, 0.2) is 24.3 Å². The molecule has 1 fully saturated rings. The summed E-state index contributed by atoms with van der Waals surface area (Å²) in [6, 6.07) is 6.96. The average molecular weight is 348 g/mol. The van der Waals surface area contributed by atoms with Gasteiger partial charge in [0, 0.05) is 18.8 Å². The zero-order chi connectivity index (χ0) is 18.4. The summed E-state index contributed by atoms with van der Waals surface area (Å²) < 4.78 is 4.71. The Bertz CT molecular complexity index is 629. The van der Waals surface area contributed by atoms with E-state index < -0.39 is 11.9 Å². The fraction of sp³-hybridized carbons (Fsp3) is 0.500. The molecule has 2 unspecified atom stereocenters. The second-order valence-electron chi connectivity index (χ2n) is 6.38. The van der Waals surface area contributed by atoms with Gasteiger partial charge in [0.25, 0.3) is 0 Å². The zero-order valence-corrected chi connectivity index (χ0v) is 14.5. The molecule has 25 heavy (non-hydrogen) atoms. The Hall–Kier alpha value is -2.57. The third-order valence-electron chi connectivity index (χ3n) is 4.41. The molecule has 0 spiro atoms. The van der Waals surface area contributed by atoms with Crippen LogP contribution in [0.5, 0.6) is 0 Å². The number of carboxylic acid groups (broad SMARTS) is 1. The maximum atomic E-state index is 12.3. The molecule has 1 saturated heterocycles. The Kier molecular flexibility index (Phi) is 6.38. The van der Waals surface area contributed by atoms with Crippen molar-refractivity contribution in [3.05, 3.63) is 29.8 Å². The van der Waals surface area contributed by atoms with E-state index in [1.54, 1.807) is 19.1 Å². The molecule has 0 radical (unpaired) electrons. The number of piperidine rings is 1. The number of nitrogens with zero attached hydrogens (tertiary/aromatic N) is 1. The van der Waals surface area contributed by atoms with E-state index in [0.29, 0.717) is 31.5 Å². The van der Waals surface area contributed by atoms with Crippen LogP contribution in [0.4, 0.5) is 10.5 Å². The Labute approximate surface area is 147 Å². The van der Waals surface area contributed by atoms with Crippen LogP contribution < -0.4 is 5.32 Å². The van der Waals surface area contributed by atoms with E-state index in [0.717, 1.165) is 5.56 Å². The van der Waals surface area contributed by atoms with Gasteiger partial charge in [0.1, 0.15) is 0 Å². The molecule has 2 N–H and O–H groups in total. The number of anilines is 1. The first-order valence-electron chi connectivity index (χ1n) is 8.36. The second kappa shape index (κ2) is 8.50. The van der Waals surface area contributed by atoms with Crippen molar-refractivity contribution in [2.24, 2.45) is 11.8 Å². The first-order chi connectivity index (χ1) is 11.9. The summed E-state index contributed by atoms with van der Waals surface area (Å²) in [5.41, 5.74) is 1.61. The number of aliphatic carboxylic acids is 1. The molecule has 2 amide bonds. The van der Waals surface area contributed by atoms with Crippen LogP contribution in [0.1, 0.15) is 25.3 Å². The van der Waals surface area contributed by atoms with Gasteiger partial charge in [0.05, 0.1) is 18.9 Å². The maximum absolute atomic E-state index is 12.3. The van der Waals surface area contributed by atoms with Gasteiger partial charge < -0.3 is 20.1 Å². The van der Waals surface area contributed by atoms with Crippen molar-refractivity contribution >= 4 is 23.7 Å². The van der Waals surface area contributed by atoms with Gasteiger partial charge in [0.15, 0.2) is 0 Å². The number of benzene rings is 1. The van der Waals surface area contributed by atoms with E-state index in [4.69, 9.17) is 9.84 Å². The van der Waals surface area contributed by atoms with Crippen LogP contribution in [0.2, 0.25) is 0 Å². The molecule has 0 aliphatic carbocycles. The summed E-state index contributed by atoms with van der Waals surface area (Å²) >= 11 is 0. The third kappa shape index (κ3) is 5.20. The van der Waals surface area contributed by atoms with Crippen LogP contribution in [0.25, 0.3) is 0 Å². The Morgan fingerprint density at radius 2 is 2.00 bits per heavy atom. The lowest BCUT2D eigenvalue weighted by Gasteiger charge is -2.30. The zero-order valence-electron chi connectivity index (χ0n) is 14.5. The Balaban J connectivity index is 1.91. The molecule has 0 bridgehead atoms. The molecule has 7 nitrogen and oxygen atoms in total. The topological polar surface area (TPSA) is 95.9 Å². The van der Waals surface area contributed by atoms with Crippen LogP contribution >= 0.6 is 0 Å². The van der Waals surface area contributed by atoms with Crippen molar-refractivity contribution in [2.75, 3.05) is 25.5 Å². The van der Waals surface area contributed by atoms with Crippen molar-refractivity contribution in [1.29, 1.82) is 0 Å².